The van der Waals surface area contributed by atoms with E-state index < -0.39 is 30.0 Å². The average molecular weight is 536 g/mol. The van der Waals surface area contributed by atoms with Crippen LogP contribution >= 0.6 is 0 Å². The molecule has 2 amide bonds. The van der Waals surface area contributed by atoms with Crippen molar-refractivity contribution in [2.75, 3.05) is 13.1 Å². The highest BCUT2D eigenvalue weighted by atomic mass is 16.7. The van der Waals surface area contributed by atoms with Gasteiger partial charge in [-0.1, -0.05) is 42.5 Å². The van der Waals surface area contributed by atoms with Crippen molar-refractivity contribution >= 4 is 24.6 Å². The predicted octanol–water partition coefficient (Wildman–Crippen LogP) is 4.23. The molecule has 2 saturated heterocycles. The standard InChI is InChI=1S/C30H41BN2O6/c1-28(2,3)37-27(35)32-24-15-16-33(19-24)26(34)18-22-17-23(31-38-29(4,5)30(6,7)39-31)13-14-25(22)36-20-21-11-9-8-10-12-21/h8-14,17,24H,15-16,18-20H2,1-7H3,(H,32,35)/t24-/m0/s1. The Morgan fingerprint density at radius 3 is 2.36 bits per heavy atom. The van der Waals surface area contributed by atoms with E-state index in [0.29, 0.717) is 31.9 Å². The van der Waals surface area contributed by atoms with Crippen LogP contribution in [0.3, 0.4) is 0 Å². The summed E-state index contributed by atoms with van der Waals surface area (Å²) in [5.41, 5.74) is 1.14. The molecule has 2 aromatic rings. The second-order valence-electron chi connectivity index (χ2n) is 12.4. The average Bonchev–Trinajstić information content (AvgIpc) is 3.38. The Bertz CT molecular complexity index is 1160. The van der Waals surface area contributed by atoms with Gasteiger partial charge in [0.05, 0.1) is 23.7 Å². The fourth-order valence-corrected chi connectivity index (χ4v) is 4.59. The number of carbonyl (C=O) groups is 2. The van der Waals surface area contributed by atoms with Gasteiger partial charge in [-0.3, -0.25) is 4.79 Å². The van der Waals surface area contributed by atoms with E-state index in [2.05, 4.69) is 5.32 Å². The molecule has 0 bridgehead atoms. The van der Waals surface area contributed by atoms with Gasteiger partial charge in [0.25, 0.3) is 0 Å². The molecule has 0 unspecified atom stereocenters. The molecule has 2 aromatic carbocycles. The number of hydrogen-bond donors (Lipinski definition) is 1. The Morgan fingerprint density at radius 1 is 1.05 bits per heavy atom. The highest BCUT2D eigenvalue weighted by Gasteiger charge is 2.51. The topological polar surface area (TPSA) is 86.3 Å². The van der Waals surface area contributed by atoms with Crippen LogP contribution in [0.2, 0.25) is 0 Å². The third-order valence-electron chi connectivity index (χ3n) is 7.45. The Balaban J connectivity index is 1.48. The number of alkyl carbamates (subject to hydrolysis) is 1. The van der Waals surface area contributed by atoms with E-state index in [9.17, 15) is 9.59 Å². The zero-order valence-electron chi connectivity index (χ0n) is 24.2. The van der Waals surface area contributed by atoms with Gasteiger partial charge < -0.3 is 29.0 Å². The van der Waals surface area contributed by atoms with Gasteiger partial charge in [-0.25, -0.2) is 4.79 Å². The maximum absolute atomic E-state index is 13.4. The highest BCUT2D eigenvalue weighted by molar-refractivity contribution is 6.62. The number of amides is 2. The Morgan fingerprint density at radius 2 is 1.72 bits per heavy atom. The molecule has 1 atom stereocenters. The molecular formula is C30H41BN2O6. The Hall–Kier alpha value is -3.04. The number of carbonyl (C=O) groups excluding carboxylic acids is 2. The predicted molar refractivity (Wildman–Crippen MR) is 151 cm³/mol. The normalized spacial score (nSPS) is 20.1. The molecule has 0 radical (unpaired) electrons. The second-order valence-corrected chi connectivity index (χ2v) is 12.4. The molecule has 210 valence electrons. The number of hydrogen-bond acceptors (Lipinski definition) is 6. The molecule has 2 fully saturated rings. The molecule has 9 heteroatoms. The summed E-state index contributed by atoms with van der Waals surface area (Å²) < 4.78 is 24.1. The third-order valence-corrected chi connectivity index (χ3v) is 7.45. The van der Waals surface area contributed by atoms with Crippen LogP contribution < -0.4 is 15.5 Å². The summed E-state index contributed by atoms with van der Waals surface area (Å²) in [6, 6.07) is 15.6. The minimum absolute atomic E-state index is 0.0286. The number of nitrogens with zero attached hydrogens (tertiary/aromatic N) is 1. The highest BCUT2D eigenvalue weighted by Crippen LogP contribution is 2.37. The van der Waals surface area contributed by atoms with Crippen molar-refractivity contribution in [1.29, 1.82) is 0 Å². The van der Waals surface area contributed by atoms with Crippen molar-refractivity contribution in [3.8, 4) is 5.75 Å². The maximum atomic E-state index is 13.4. The quantitative estimate of drug-likeness (QED) is 0.533. The van der Waals surface area contributed by atoms with Crippen LogP contribution in [-0.4, -0.2) is 60.0 Å². The minimum atomic E-state index is -0.573. The van der Waals surface area contributed by atoms with Gasteiger partial charge in [0.15, 0.2) is 0 Å². The summed E-state index contributed by atoms with van der Waals surface area (Å²) in [5, 5.41) is 2.88. The monoisotopic (exact) mass is 536 g/mol. The number of ether oxygens (including phenoxy) is 2. The van der Waals surface area contributed by atoms with Gasteiger partial charge in [0.1, 0.15) is 18.0 Å². The zero-order valence-corrected chi connectivity index (χ0v) is 24.2. The van der Waals surface area contributed by atoms with Gasteiger partial charge in [-0.05, 0) is 72.0 Å². The first-order valence-electron chi connectivity index (χ1n) is 13.6. The molecule has 0 aromatic heterocycles. The minimum Gasteiger partial charge on any atom is -0.489 e. The largest absolute Gasteiger partial charge is 0.494 e. The Kier molecular flexibility index (Phi) is 8.33. The van der Waals surface area contributed by atoms with E-state index in [0.717, 1.165) is 16.6 Å². The molecule has 2 aliphatic rings. The van der Waals surface area contributed by atoms with Gasteiger partial charge in [0, 0.05) is 18.7 Å². The van der Waals surface area contributed by atoms with Crippen LogP contribution in [0.1, 0.15) is 66.0 Å². The summed E-state index contributed by atoms with van der Waals surface area (Å²) in [6.45, 7) is 14.9. The van der Waals surface area contributed by atoms with E-state index >= 15 is 0 Å². The summed E-state index contributed by atoms with van der Waals surface area (Å²) in [5.74, 6) is 0.620. The van der Waals surface area contributed by atoms with Crippen molar-refractivity contribution in [3.63, 3.8) is 0 Å². The van der Waals surface area contributed by atoms with Crippen molar-refractivity contribution in [2.45, 2.75) is 90.8 Å². The SMILES string of the molecule is CC(C)(C)OC(=O)N[C@H]1CCN(C(=O)Cc2cc(B3OC(C)(C)C(C)(C)O3)ccc2OCc2ccccc2)C1. The van der Waals surface area contributed by atoms with Crippen LogP contribution in [0.25, 0.3) is 0 Å². The lowest BCUT2D eigenvalue weighted by molar-refractivity contribution is -0.129. The molecule has 0 saturated carbocycles. The van der Waals surface area contributed by atoms with Crippen LogP contribution in [-0.2, 0) is 31.9 Å². The van der Waals surface area contributed by atoms with Crippen LogP contribution in [0, 0.1) is 0 Å². The van der Waals surface area contributed by atoms with Gasteiger partial charge >= 0.3 is 13.2 Å². The lowest BCUT2D eigenvalue weighted by Gasteiger charge is -2.32. The van der Waals surface area contributed by atoms with Crippen molar-refractivity contribution in [3.05, 3.63) is 59.7 Å². The fourth-order valence-electron chi connectivity index (χ4n) is 4.59. The molecule has 2 heterocycles. The van der Waals surface area contributed by atoms with Crippen molar-refractivity contribution < 1.29 is 28.4 Å². The molecule has 2 aliphatic heterocycles. The van der Waals surface area contributed by atoms with E-state index in [1.807, 2.05) is 97.0 Å². The van der Waals surface area contributed by atoms with E-state index in [4.69, 9.17) is 18.8 Å². The van der Waals surface area contributed by atoms with Crippen LogP contribution in [0.4, 0.5) is 4.79 Å². The molecule has 4 rings (SSSR count). The van der Waals surface area contributed by atoms with Gasteiger partial charge in [-0.2, -0.15) is 0 Å². The molecule has 1 N–H and O–H groups in total. The van der Waals surface area contributed by atoms with Gasteiger partial charge in [-0.15, -0.1) is 0 Å². The molecule has 39 heavy (non-hydrogen) atoms. The lowest BCUT2D eigenvalue weighted by Crippen LogP contribution is -2.41. The summed E-state index contributed by atoms with van der Waals surface area (Å²) in [4.78, 5) is 27.4. The first-order chi connectivity index (χ1) is 18.2. The summed E-state index contributed by atoms with van der Waals surface area (Å²) in [7, 11) is -0.541. The number of likely N-dealkylation sites (tertiary alicyclic amines) is 1. The number of benzene rings is 2. The lowest BCUT2D eigenvalue weighted by atomic mass is 9.78. The fraction of sp³-hybridized carbons (Fsp3) is 0.533. The molecular weight excluding hydrogens is 495 g/mol. The number of nitrogens with one attached hydrogen (secondary N) is 1. The van der Waals surface area contributed by atoms with Crippen LogP contribution in [0.5, 0.6) is 5.75 Å². The van der Waals surface area contributed by atoms with E-state index in [1.165, 1.54) is 0 Å². The Labute approximate surface area is 232 Å². The third kappa shape index (κ3) is 7.34. The smallest absolute Gasteiger partial charge is 0.489 e. The van der Waals surface area contributed by atoms with E-state index in [1.54, 1.807) is 4.90 Å². The van der Waals surface area contributed by atoms with Crippen LogP contribution in [0.15, 0.2) is 48.5 Å². The zero-order chi connectivity index (χ0) is 28.4. The number of rotatable bonds is 7. The van der Waals surface area contributed by atoms with Gasteiger partial charge in [0.2, 0.25) is 5.91 Å². The molecule has 8 nitrogen and oxygen atoms in total. The summed E-state index contributed by atoms with van der Waals surface area (Å²) >= 11 is 0. The first kappa shape index (κ1) is 29.0. The second kappa shape index (κ2) is 11.2. The van der Waals surface area contributed by atoms with E-state index in [-0.39, 0.29) is 18.4 Å². The molecule has 0 spiro atoms. The summed E-state index contributed by atoms with van der Waals surface area (Å²) in [6.07, 6.45) is 0.376. The van der Waals surface area contributed by atoms with Crippen molar-refractivity contribution in [2.24, 2.45) is 0 Å². The maximum Gasteiger partial charge on any atom is 0.494 e. The first-order valence-corrected chi connectivity index (χ1v) is 13.6. The van der Waals surface area contributed by atoms with Crippen molar-refractivity contribution in [1.82, 2.24) is 10.2 Å². The molecule has 0 aliphatic carbocycles.